The van der Waals surface area contributed by atoms with Gasteiger partial charge in [-0.05, 0) is 24.9 Å². The summed E-state index contributed by atoms with van der Waals surface area (Å²) in [6.45, 7) is 7.72. The molecule has 0 amide bonds. The van der Waals surface area contributed by atoms with Crippen molar-refractivity contribution in [2.24, 2.45) is 13.0 Å². The second-order valence-electron chi connectivity index (χ2n) is 4.76. The molecule has 3 heteroatoms. The van der Waals surface area contributed by atoms with Crippen molar-refractivity contribution in [1.29, 1.82) is 0 Å². The van der Waals surface area contributed by atoms with Gasteiger partial charge in [-0.25, -0.2) is 0 Å². The Morgan fingerprint density at radius 3 is 2.59 bits per heavy atom. The van der Waals surface area contributed by atoms with Gasteiger partial charge in [0.05, 0.1) is 11.7 Å². The second kappa shape index (κ2) is 7.49. The molecule has 0 aliphatic rings. The monoisotopic (exact) mass is 237 g/mol. The molecule has 0 radical (unpaired) electrons. The predicted molar refractivity (Wildman–Crippen MR) is 72.9 cm³/mol. The van der Waals surface area contributed by atoms with Gasteiger partial charge >= 0.3 is 0 Å². The normalized spacial score (nSPS) is 14.8. The number of nitrogens with zero attached hydrogens (tertiary/aromatic N) is 2. The van der Waals surface area contributed by atoms with Crippen LogP contribution in [0.15, 0.2) is 12.3 Å². The van der Waals surface area contributed by atoms with Gasteiger partial charge in [0, 0.05) is 13.2 Å². The third kappa shape index (κ3) is 4.15. The van der Waals surface area contributed by atoms with Crippen molar-refractivity contribution in [2.45, 2.75) is 52.5 Å². The fraction of sp³-hybridized carbons (Fsp3) is 0.786. The number of unbranched alkanes of at least 4 members (excludes halogenated alkanes) is 1. The zero-order valence-electron chi connectivity index (χ0n) is 11.7. The average molecular weight is 237 g/mol. The summed E-state index contributed by atoms with van der Waals surface area (Å²) < 4.78 is 1.90. The highest BCUT2D eigenvalue weighted by molar-refractivity contribution is 5.07. The molecule has 1 aromatic heterocycles. The first-order valence-electron chi connectivity index (χ1n) is 6.95. The number of rotatable bonds is 8. The van der Waals surface area contributed by atoms with Crippen LogP contribution in [0.4, 0.5) is 0 Å². The fourth-order valence-electron chi connectivity index (χ4n) is 2.40. The molecule has 3 nitrogen and oxygen atoms in total. The molecule has 0 aliphatic heterocycles. The Morgan fingerprint density at radius 2 is 2.12 bits per heavy atom. The van der Waals surface area contributed by atoms with E-state index in [0.717, 1.165) is 6.54 Å². The highest BCUT2D eigenvalue weighted by Crippen LogP contribution is 2.27. The number of hydrogen-bond acceptors (Lipinski definition) is 2. The van der Waals surface area contributed by atoms with E-state index in [1.165, 1.54) is 31.4 Å². The molecule has 1 rings (SSSR count). The summed E-state index contributed by atoms with van der Waals surface area (Å²) in [5, 5.41) is 8.16. The highest BCUT2D eigenvalue weighted by atomic mass is 15.3. The van der Waals surface area contributed by atoms with Gasteiger partial charge in [-0.15, -0.1) is 0 Å². The Morgan fingerprint density at radius 1 is 1.35 bits per heavy atom. The lowest BCUT2D eigenvalue weighted by molar-refractivity contribution is 0.321. The quantitative estimate of drug-likeness (QED) is 0.752. The molecule has 0 fully saturated rings. The van der Waals surface area contributed by atoms with Gasteiger partial charge in [0.25, 0.3) is 0 Å². The first-order chi connectivity index (χ1) is 8.22. The van der Waals surface area contributed by atoms with Crippen LogP contribution in [0.3, 0.4) is 0 Å². The zero-order chi connectivity index (χ0) is 12.7. The summed E-state index contributed by atoms with van der Waals surface area (Å²) in [5.74, 6) is 0.699. The van der Waals surface area contributed by atoms with Gasteiger partial charge in [-0.3, -0.25) is 4.68 Å². The van der Waals surface area contributed by atoms with Crippen LogP contribution < -0.4 is 5.32 Å². The Bertz CT molecular complexity index is 306. The molecule has 17 heavy (non-hydrogen) atoms. The van der Waals surface area contributed by atoms with Gasteiger partial charge in [-0.2, -0.15) is 5.10 Å². The van der Waals surface area contributed by atoms with Crippen LogP contribution >= 0.6 is 0 Å². The van der Waals surface area contributed by atoms with Gasteiger partial charge < -0.3 is 5.32 Å². The third-order valence-electron chi connectivity index (χ3n) is 3.40. The highest BCUT2D eigenvalue weighted by Gasteiger charge is 2.22. The van der Waals surface area contributed by atoms with Crippen LogP contribution in [0.1, 0.15) is 58.2 Å². The third-order valence-corrected chi connectivity index (χ3v) is 3.40. The first-order valence-corrected chi connectivity index (χ1v) is 6.95. The van der Waals surface area contributed by atoms with E-state index in [1.54, 1.807) is 0 Å². The largest absolute Gasteiger partial charge is 0.309 e. The Hall–Kier alpha value is -0.830. The Labute approximate surface area is 106 Å². The molecule has 0 aliphatic carbocycles. The standard InChI is InChI=1S/C14H27N3/c1-5-8-9-12(6-2)14(15-7-3)13-10-11-17(4)16-13/h10-12,14-15H,5-9H2,1-4H3. The van der Waals surface area contributed by atoms with E-state index in [0.29, 0.717) is 12.0 Å². The molecule has 0 aromatic carbocycles. The summed E-state index contributed by atoms with van der Waals surface area (Å²) >= 11 is 0. The summed E-state index contributed by atoms with van der Waals surface area (Å²) in [7, 11) is 1.99. The Kier molecular flexibility index (Phi) is 6.27. The molecular formula is C14H27N3. The van der Waals surface area contributed by atoms with E-state index >= 15 is 0 Å². The lowest BCUT2D eigenvalue weighted by Gasteiger charge is -2.25. The van der Waals surface area contributed by atoms with Crippen LogP contribution in [0.5, 0.6) is 0 Å². The maximum absolute atomic E-state index is 4.56. The minimum absolute atomic E-state index is 0.415. The summed E-state index contributed by atoms with van der Waals surface area (Å²) in [5.41, 5.74) is 1.19. The van der Waals surface area contributed by atoms with Crippen molar-refractivity contribution in [3.05, 3.63) is 18.0 Å². The topological polar surface area (TPSA) is 29.9 Å². The lowest BCUT2D eigenvalue weighted by Crippen LogP contribution is -2.28. The van der Waals surface area contributed by atoms with Gasteiger partial charge in [0.15, 0.2) is 0 Å². The predicted octanol–water partition coefficient (Wildman–Crippen LogP) is 3.29. The maximum atomic E-state index is 4.56. The van der Waals surface area contributed by atoms with Crippen molar-refractivity contribution >= 4 is 0 Å². The van der Waals surface area contributed by atoms with Crippen LogP contribution in [0.2, 0.25) is 0 Å². The van der Waals surface area contributed by atoms with Crippen molar-refractivity contribution < 1.29 is 0 Å². The average Bonchev–Trinajstić information content (AvgIpc) is 2.75. The van der Waals surface area contributed by atoms with E-state index in [4.69, 9.17) is 0 Å². The van der Waals surface area contributed by atoms with Crippen molar-refractivity contribution in [1.82, 2.24) is 15.1 Å². The lowest BCUT2D eigenvalue weighted by atomic mass is 9.89. The van der Waals surface area contributed by atoms with E-state index in [2.05, 4.69) is 37.3 Å². The molecule has 2 unspecified atom stereocenters. The SMILES string of the molecule is CCCCC(CC)C(NCC)c1ccn(C)n1. The molecule has 0 spiro atoms. The number of nitrogens with one attached hydrogen (secondary N) is 1. The molecule has 2 atom stereocenters. The van der Waals surface area contributed by atoms with Crippen LogP contribution in [0, 0.1) is 5.92 Å². The molecule has 1 N–H and O–H groups in total. The van der Waals surface area contributed by atoms with Crippen molar-refractivity contribution in [3.63, 3.8) is 0 Å². The van der Waals surface area contributed by atoms with Gasteiger partial charge in [0.2, 0.25) is 0 Å². The van der Waals surface area contributed by atoms with Crippen molar-refractivity contribution in [3.8, 4) is 0 Å². The van der Waals surface area contributed by atoms with Crippen LogP contribution in [-0.4, -0.2) is 16.3 Å². The van der Waals surface area contributed by atoms with E-state index < -0.39 is 0 Å². The molecule has 1 heterocycles. The van der Waals surface area contributed by atoms with Crippen LogP contribution in [-0.2, 0) is 7.05 Å². The smallest absolute Gasteiger partial charge is 0.0796 e. The maximum Gasteiger partial charge on any atom is 0.0796 e. The first kappa shape index (κ1) is 14.2. The van der Waals surface area contributed by atoms with Crippen LogP contribution in [0.25, 0.3) is 0 Å². The van der Waals surface area contributed by atoms with Crippen molar-refractivity contribution in [2.75, 3.05) is 6.54 Å². The van der Waals surface area contributed by atoms with Gasteiger partial charge in [0.1, 0.15) is 0 Å². The molecule has 0 saturated heterocycles. The Balaban J connectivity index is 2.74. The second-order valence-corrected chi connectivity index (χ2v) is 4.76. The van der Waals surface area contributed by atoms with Gasteiger partial charge in [-0.1, -0.05) is 40.0 Å². The molecule has 98 valence electrons. The number of aryl methyl sites for hydroxylation is 1. The molecule has 0 bridgehead atoms. The fourth-order valence-corrected chi connectivity index (χ4v) is 2.40. The van der Waals surface area contributed by atoms with E-state index in [9.17, 15) is 0 Å². The number of aromatic nitrogens is 2. The van der Waals surface area contributed by atoms with E-state index in [1.807, 2.05) is 17.9 Å². The minimum Gasteiger partial charge on any atom is -0.309 e. The zero-order valence-corrected chi connectivity index (χ0v) is 11.7. The van der Waals surface area contributed by atoms with E-state index in [-0.39, 0.29) is 0 Å². The molecule has 1 aromatic rings. The number of hydrogen-bond donors (Lipinski definition) is 1. The molecule has 0 saturated carbocycles. The summed E-state index contributed by atoms with van der Waals surface area (Å²) in [6.07, 6.45) is 7.13. The molecular weight excluding hydrogens is 210 g/mol. The summed E-state index contributed by atoms with van der Waals surface area (Å²) in [4.78, 5) is 0. The summed E-state index contributed by atoms with van der Waals surface area (Å²) in [6, 6.07) is 2.56. The minimum atomic E-state index is 0.415.